The zero-order valence-corrected chi connectivity index (χ0v) is 6.72. The fourth-order valence-corrected chi connectivity index (χ4v) is 1.19. The van der Waals surface area contributed by atoms with Gasteiger partial charge in [-0.25, -0.2) is 0 Å². The van der Waals surface area contributed by atoms with Gasteiger partial charge in [0.05, 0.1) is 5.41 Å². The summed E-state index contributed by atoms with van der Waals surface area (Å²) < 4.78 is 4.82. The number of ether oxygens (including phenoxy) is 1. The molecule has 60 valence electrons. The molecule has 1 rings (SSSR count). The molecular formula is C9H12O2. The van der Waals surface area contributed by atoms with Crippen molar-refractivity contribution in [2.45, 2.75) is 26.2 Å². The number of carbonyl (C=O) groups is 1. The first-order chi connectivity index (χ1) is 5.19. The monoisotopic (exact) mass is 152 g/mol. The number of rotatable bonds is 2. The van der Waals surface area contributed by atoms with E-state index in [4.69, 9.17) is 11.2 Å². The summed E-state index contributed by atoms with van der Waals surface area (Å²) in [6.45, 7) is 2.03. The van der Waals surface area contributed by atoms with Gasteiger partial charge in [0.1, 0.15) is 0 Å². The third-order valence-electron chi connectivity index (χ3n) is 2.24. The molecule has 1 aliphatic carbocycles. The molecule has 0 aliphatic heterocycles. The van der Waals surface area contributed by atoms with Crippen LogP contribution in [0.4, 0.5) is 0 Å². The summed E-state index contributed by atoms with van der Waals surface area (Å²) in [7, 11) is 0. The SMILES string of the molecule is C#CCOC(=O)C1(C)CCC1. The van der Waals surface area contributed by atoms with E-state index >= 15 is 0 Å². The van der Waals surface area contributed by atoms with Crippen molar-refractivity contribution in [1.82, 2.24) is 0 Å². The number of hydrogen-bond acceptors (Lipinski definition) is 2. The van der Waals surface area contributed by atoms with Crippen molar-refractivity contribution >= 4 is 5.97 Å². The Morgan fingerprint density at radius 2 is 2.36 bits per heavy atom. The summed E-state index contributed by atoms with van der Waals surface area (Å²) in [5.74, 6) is 2.14. The summed E-state index contributed by atoms with van der Waals surface area (Å²) in [6.07, 6.45) is 7.96. The van der Waals surface area contributed by atoms with Crippen molar-refractivity contribution in [1.29, 1.82) is 0 Å². The summed E-state index contributed by atoms with van der Waals surface area (Å²) in [5, 5.41) is 0. The van der Waals surface area contributed by atoms with E-state index in [1.54, 1.807) is 0 Å². The second-order valence-corrected chi connectivity index (χ2v) is 3.19. The molecule has 11 heavy (non-hydrogen) atoms. The van der Waals surface area contributed by atoms with Crippen molar-refractivity contribution in [3.63, 3.8) is 0 Å². The number of terminal acetylenes is 1. The molecule has 0 radical (unpaired) electrons. The van der Waals surface area contributed by atoms with Gasteiger partial charge in [-0.2, -0.15) is 0 Å². The van der Waals surface area contributed by atoms with Crippen LogP contribution in [0.25, 0.3) is 0 Å². The normalized spacial score (nSPS) is 19.6. The third-order valence-corrected chi connectivity index (χ3v) is 2.24. The van der Waals surface area contributed by atoms with Crippen LogP contribution in [0.15, 0.2) is 0 Å². The Bertz CT molecular complexity index is 196. The molecular weight excluding hydrogens is 140 g/mol. The zero-order valence-electron chi connectivity index (χ0n) is 6.72. The van der Waals surface area contributed by atoms with Crippen LogP contribution in [-0.2, 0) is 9.53 Å². The molecule has 0 aromatic carbocycles. The van der Waals surface area contributed by atoms with Crippen LogP contribution in [0.2, 0.25) is 0 Å². The van der Waals surface area contributed by atoms with E-state index in [0.717, 1.165) is 19.3 Å². The van der Waals surface area contributed by atoms with Crippen molar-refractivity contribution in [3.05, 3.63) is 0 Å². The van der Waals surface area contributed by atoms with Gasteiger partial charge in [0.25, 0.3) is 0 Å². The molecule has 0 unspecified atom stereocenters. The molecule has 1 fully saturated rings. The fraction of sp³-hybridized carbons (Fsp3) is 0.667. The quantitative estimate of drug-likeness (QED) is 0.441. The maximum Gasteiger partial charge on any atom is 0.312 e. The molecule has 0 aromatic rings. The molecule has 0 bridgehead atoms. The Labute approximate surface area is 66.9 Å². The Balaban J connectivity index is 2.36. The Kier molecular flexibility index (Phi) is 2.19. The van der Waals surface area contributed by atoms with E-state index in [2.05, 4.69) is 5.92 Å². The molecule has 0 saturated heterocycles. The van der Waals surface area contributed by atoms with E-state index in [1.165, 1.54) is 0 Å². The van der Waals surface area contributed by atoms with E-state index in [0.29, 0.717) is 0 Å². The van der Waals surface area contributed by atoms with Crippen LogP contribution in [0.5, 0.6) is 0 Å². The van der Waals surface area contributed by atoms with Gasteiger partial charge in [-0.1, -0.05) is 12.3 Å². The third kappa shape index (κ3) is 1.54. The average molecular weight is 152 g/mol. The van der Waals surface area contributed by atoms with Gasteiger partial charge in [0, 0.05) is 0 Å². The minimum absolute atomic E-state index is 0.106. The molecule has 0 spiro atoms. The van der Waals surface area contributed by atoms with E-state index in [-0.39, 0.29) is 18.0 Å². The Hall–Kier alpha value is -0.970. The number of hydrogen-bond donors (Lipinski definition) is 0. The molecule has 0 atom stereocenters. The highest BCUT2D eigenvalue weighted by Crippen LogP contribution is 2.41. The summed E-state index contributed by atoms with van der Waals surface area (Å²) in [5.41, 5.74) is -0.225. The van der Waals surface area contributed by atoms with Gasteiger partial charge in [-0.15, -0.1) is 6.42 Å². The van der Waals surface area contributed by atoms with Crippen LogP contribution >= 0.6 is 0 Å². The highest BCUT2D eigenvalue weighted by molar-refractivity contribution is 5.77. The van der Waals surface area contributed by atoms with Gasteiger partial charge in [0.2, 0.25) is 0 Å². The molecule has 1 saturated carbocycles. The maximum atomic E-state index is 11.2. The van der Waals surface area contributed by atoms with Crippen molar-refractivity contribution in [2.24, 2.45) is 5.41 Å². The lowest BCUT2D eigenvalue weighted by Crippen LogP contribution is -2.36. The van der Waals surface area contributed by atoms with Crippen molar-refractivity contribution < 1.29 is 9.53 Å². The number of carbonyl (C=O) groups excluding carboxylic acids is 1. The highest BCUT2D eigenvalue weighted by atomic mass is 16.5. The molecule has 1 aliphatic rings. The molecule has 2 nitrogen and oxygen atoms in total. The Morgan fingerprint density at radius 3 is 2.73 bits per heavy atom. The second kappa shape index (κ2) is 2.96. The lowest BCUT2D eigenvalue weighted by atomic mass is 9.70. The predicted octanol–water partition coefficient (Wildman–Crippen LogP) is 1.35. The molecule has 0 amide bonds. The number of esters is 1. The van der Waals surface area contributed by atoms with Crippen LogP contribution in [0, 0.1) is 17.8 Å². The first-order valence-corrected chi connectivity index (χ1v) is 3.80. The maximum absolute atomic E-state index is 11.2. The van der Waals surface area contributed by atoms with Crippen molar-refractivity contribution in [3.8, 4) is 12.3 Å². The zero-order chi connectivity index (χ0) is 8.32. The lowest BCUT2D eigenvalue weighted by molar-refractivity contribution is -0.158. The first-order valence-electron chi connectivity index (χ1n) is 3.80. The van der Waals surface area contributed by atoms with Crippen LogP contribution in [0.3, 0.4) is 0 Å². The minimum Gasteiger partial charge on any atom is -0.452 e. The molecule has 0 heterocycles. The minimum atomic E-state index is -0.225. The van der Waals surface area contributed by atoms with Gasteiger partial charge in [-0.3, -0.25) is 4.79 Å². The standard InChI is InChI=1S/C9H12O2/c1-3-7-11-8(10)9(2)5-4-6-9/h1H,4-7H2,2H3. The first kappa shape index (κ1) is 8.13. The summed E-state index contributed by atoms with van der Waals surface area (Å²) >= 11 is 0. The molecule has 0 N–H and O–H groups in total. The average Bonchev–Trinajstić information content (AvgIpc) is 1.95. The van der Waals surface area contributed by atoms with E-state index in [1.807, 2.05) is 6.92 Å². The molecule has 2 heteroatoms. The van der Waals surface area contributed by atoms with Crippen molar-refractivity contribution in [2.75, 3.05) is 6.61 Å². The van der Waals surface area contributed by atoms with Gasteiger partial charge >= 0.3 is 5.97 Å². The smallest absolute Gasteiger partial charge is 0.312 e. The van der Waals surface area contributed by atoms with Gasteiger partial charge in [-0.05, 0) is 19.8 Å². The fourth-order valence-electron chi connectivity index (χ4n) is 1.19. The predicted molar refractivity (Wildman–Crippen MR) is 41.8 cm³/mol. The summed E-state index contributed by atoms with van der Waals surface area (Å²) in [4.78, 5) is 11.2. The lowest BCUT2D eigenvalue weighted by Gasteiger charge is -2.35. The topological polar surface area (TPSA) is 26.3 Å². The van der Waals surface area contributed by atoms with E-state index < -0.39 is 0 Å². The van der Waals surface area contributed by atoms with Gasteiger partial charge < -0.3 is 4.74 Å². The van der Waals surface area contributed by atoms with Crippen LogP contribution in [-0.4, -0.2) is 12.6 Å². The van der Waals surface area contributed by atoms with E-state index in [9.17, 15) is 4.79 Å². The highest BCUT2D eigenvalue weighted by Gasteiger charge is 2.40. The van der Waals surface area contributed by atoms with Crippen LogP contribution in [0.1, 0.15) is 26.2 Å². The second-order valence-electron chi connectivity index (χ2n) is 3.19. The van der Waals surface area contributed by atoms with Crippen LogP contribution < -0.4 is 0 Å². The largest absolute Gasteiger partial charge is 0.452 e. The molecule has 0 aromatic heterocycles. The summed E-state index contributed by atoms with van der Waals surface area (Å²) in [6, 6.07) is 0. The van der Waals surface area contributed by atoms with Gasteiger partial charge in [0.15, 0.2) is 6.61 Å². The Morgan fingerprint density at radius 1 is 1.73 bits per heavy atom.